The van der Waals surface area contributed by atoms with Crippen molar-refractivity contribution in [1.29, 1.82) is 0 Å². The Morgan fingerprint density at radius 3 is 2.67 bits per heavy atom. The van der Waals surface area contributed by atoms with E-state index in [2.05, 4.69) is 24.1 Å². The first-order valence-corrected chi connectivity index (χ1v) is 9.68. The number of carboxylic acid groups (broad SMARTS) is 1. The predicted molar refractivity (Wildman–Crippen MR) is 98.7 cm³/mol. The van der Waals surface area contributed by atoms with Crippen LogP contribution in [0, 0.1) is 11.8 Å². The van der Waals surface area contributed by atoms with Crippen LogP contribution in [0.3, 0.4) is 0 Å². The second-order valence-corrected chi connectivity index (χ2v) is 8.14. The second kappa shape index (κ2) is 8.36. The van der Waals surface area contributed by atoms with Crippen LogP contribution >= 0.6 is 0 Å². The van der Waals surface area contributed by atoms with Crippen LogP contribution in [0.15, 0.2) is 18.2 Å². The average molecular weight is 362 g/mol. The molecule has 1 aromatic carbocycles. The molecule has 0 spiro atoms. The molecule has 5 rings (SSSR count). The Labute approximate surface area is 172 Å². The van der Waals surface area contributed by atoms with E-state index in [-0.39, 0.29) is 24.4 Å². The van der Waals surface area contributed by atoms with Crippen LogP contribution in [0.2, 0.25) is 0 Å². The number of hydrogen-bond donors (Lipinski definition) is 1. The van der Waals surface area contributed by atoms with E-state index in [0.717, 1.165) is 35.6 Å². The number of hydrogen-bond acceptors (Lipinski definition) is 5. The number of nitrogens with zero attached hydrogens (tertiary/aromatic N) is 3. The van der Waals surface area contributed by atoms with Crippen molar-refractivity contribution in [2.75, 3.05) is 19.6 Å². The molecule has 3 aliphatic heterocycles. The Morgan fingerprint density at radius 2 is 2.07 bits per heavy atom. The molecule has 3 saturated heterocycles. The summed E-state index contributed by atoms with van der Waals surface area (Å²) in [6.45, 7) is 9.16. The van der Waals surface area contributed by atoms with E-state index < -0.39 is 5.97 Å². The number of aromatic carboxylic acids is 1. The van der Waals surface area contributed by atoms with E-state index in [9.17, 15) is 9.90 Å². The van der Waals surface area contributed by atoms with Crippen LogP contribution in [0.5, 0.6) is 0 Å². The first-order chi connectivity index (χ1) is 12.5. The van der Waals surface area contributed by atoms with Crippen LogP contribution in [0.4, 0.5) is 0 Å². The Bertz CT molecular complexity index is 812. The summed E-state index contributed by atoms with van der Waals surface area (Å²) in [5, 5.41) is 20.8. The molecule has 1 N–H and O–H groups in total. The molecule has 3 aliphatic rings. The molecule has 0 radical (unpaired) electrons. The molecule has 27 heavy (non-hydrogen) atoms. The van der Waals surface area contributed by atoms with Gasteiger partial charge in [0.1, 0.15) is 0 Å². The third kappa shape index (κ3) is 4.09. The minimum absolute atomic E-state index is 0. The van der Waals surface area contributed by atoms with Gasteiger partial charge < -0.3 is 20.1 Å². The number of rotatable bonds is 6. The predicted octanol–water partition coefficient (Wildman–Crippen LogP) is -1.76. The van der Waals surface area contributed by atoms with Gasteiger partial charge in [0.05, 0.1) is 17.2 Å². The van der Waals surface area contributed by atoms with E-state index in [1.807, 2.05) is 10.7 Å². The Morgan fingerprint density at radius 1 is 1.33 bits per heavy atom. The zero-order chi connectivity index (χ0) is 18.3. The van der Waals surface area contributed by atoms with Gasteiger partial charge in [-0.05, 0) is 43.8 Å². The van der Waals surface area contributed by atoms with E-state index >= 15 is 0 Å². The fraction of sp³-hybridized carbons (Fsp3) is 0.600. The Balaban J connectivity index is 0.00000210. The molecule has 0 unspecified atom stereocenters. The molecule has 1 aromatic heterocycles. The summed E-state index contributed by atoms with van der Waals surface area (Å²) in [4.78, 5) is 14.1. The number of carbonyl (C=O) groups excluding carboxylic acids is 1. The van der Waals surface area contributed by atoms with Crippen molar-refractivity contribution in [2.45, 2.75) is 45.8 Å². The van der Waals surface area contributed by atoms with Crippen molar-refractivity contribution in [1.82, 2.24) is 20.0 Å². The van der Waals surface area contributed by atoms with Gasteiger partial charge in [0.25, 0.3) is 0 Å². The van der Waals surface area contributed by atoms with E-state index in [1.165, 1.54) is 25.9 Å². The molecule has 4 heterocycles. The van der Waals surface area contributed by atoms with Crippen molar-refractivity contribution in [3.8, 4) is 0 Å². The SMILES string of the molecule is CC(C)Cn1nc(CN[C@@H]2CN3CCC2CC3)c2c(C(=O)[O-])cccc21.[Li+]. The van der Waals surface area contributed by atoms with Gasteiger partial charge in [0, 0.05) is 36.6 Å². The topological polar surface area (TPSA) is 73.2 Å². The van der Waals surface area contributed by atoms with Gasteiger partial charge >= 0.3 is 18.9 Å². The molecule has 1 atom stereocenters. The number of fused-ring (bicyclic) bond motifs is 4. The molecule has 0 amide bonds. The van der Waals surface area contributed by atoms with Gasteiger partial charge in [-0.1, -0.05) is 26.0 Å². The van der Waals surface area contributed by atoms with Crippen LogP contribution in [-0.4, -0.2) is 46.3 Å². The van der Waals surface area contributed by atoms with Gasteiger partial charge in [-0.25, -0.2) is 0 Å². The number of nitrogens with one attached hydrogen (secondary N) is 1. The fourth-order valence-corrected chi connectivity index (χ4v) is 4.51. The van der Waals surface area contributed by atoms with Crippen molar-refractivity contribution >= 4 is 16.9 Å². The van der Waals surface area contributed by atoms with E-state index in [0.29, 0.717) is 18.5 Å². The first-order valence-electron chi connectivity index (χ1n) is 9.68. The van der Waals surface area contributed by atoms with Crippen LogP contribution in [0.1, 0.15) is 42.7 Å². The fourth-order valence-electron chi connectivity index (χ4n) is 4.51. The molecule has 0 aliphatic carbocycles. The van der Waals surface area contributed by atoms with Crippen molar-refractivity contribution in [3.05, 3.63) is 29.5 Å². The number of carbonyl (C=O) groups is 1. The summed E-state index contributed by atoms with van der Waals surface area (Å²) in [6, 6.07) is 5.82. The van der Waals surface area contributed by atoms with Gasteiger partial charge in [-0.2, -0.15) is 5.10 Å². The molecule has 2 aromatic rings. The average Bonchev–Trinajstić information content (AvgIpc) is 2.98. The largest absolute Gasteiger partial charge is 1.00 e. The number of piperidine rings is 3. The standard InChI is InChI=1S/C20H28N4O2.Li/c1-13(2)11-24-18-5-3-4-15(20(25)26)19(18)16(22-24)10-21-17-12-23-8-6-14(17)7-9-23;/h3-5,13-14,17,21H,6-12H2,1-2H3,(H,25,26);/q;+1/p-1/t17-;/m1./s1. The van der Waals surface area contributed by atoms with Crippen molar-refractivity contribution in [2.24, 2.45) is 11.8 Å². The molecule has 3 fully saturated rings. The Kier molecular flexibility index (Phi) is 6.32. The third-order valence-electron chi connectivity index (χ3n) is 5.80. The minimum Gasteiger partial charge on any atom is -0.545 e. The molecule has 2 bridgehead atoms. The van der Waals surface area contributed by atoms with Crippen molar-refractivity contribution in [3.63, 3.8) is 0 Å². The molecule has 140 valence electrons. The summed E-state index contributed by atoms with van der Waals surface area (Å²) in [7, 11) is 0. The van der Waals surface area contributed by atoms with Gasteiger partial charge in [0.15, 0.2) is 0 Å². The van der Waals surface area contributed by atoms with Gasteiger partial charge in [-0.3, -0.25) is 4.68 Å². The van der Waals surface area contributed by atoms with Crippen LogP contribution < -0.4 is 29.3 Å². The molecule has 0 saturated carbocycles. The zero-order valence-electron chi connectivity index (χ0n) is 16.6. The molecular weight excluding hydrogens is 335 g/mol. The zero-order valence-corrected chi connectivity index (χ0v) is 16.6. The van der Waals surface area contributed by atoms with Gasteiger partial charge in [0.2, 0.25) is 0 Å². The number of benzene rings is 1. The number of aromatic nitrogens is 2. The molecule has 7 heteroatoms. The first kappa shape index (κ1) is 20.4. The van der Waals surface area contributed by atoms with Crippen molar-refractivity contribution < 1.29 is 28.8 Å². The van der Waals surface area contributed by atoms with Crippen LogP contribution in [0.25, 0.3) is 10.9 Å². The van der Waals surface area contributed by atoms with Gasteiger partial charge in [-0.15, -0.1) is 0 Å². The van der Waals surface area contributed by atoms with E-state index in [1.54, 1.807) is 12.1 Å². The van der Waals surface area contributed by atoms with Crippen LogP contribution in [-0.2, 0) is 13.1 Å². The smallest absolute Gasteiger partial charge is 0.545 e. The number of carboxylic acids is 1. The summed E-state index contributed by atoms with van der Waals surface area (Å²) in [5.41, 5.74) is 1.94. The summed E-state index contributed by atoms with van der Waals surface area (Å²) in [5.74, 6) is 0.0285. The third-order valence-corrected chi connectivity index (χ3v) is 5.80. The second-order valence-electron chi connectivity index (χ2n) is 8.14. The Hall–Kier alpha value is -1.32. The summed E-state index contributed by atoms with van der Waals surface area (Å²) < 4.78 is 1.94. The summed E-state index contributed by atoms with van der Waals surface area (Å²) >= 11 is 0. The molecular formula is C20H27LiN4O2. The quantitative estimate of drug-likeness (QED) is 0.617. The normalized spacial score (nSPS) is 24.3. The maximum absolute atomic E-state index is 11.6. The monoisotopic (exact) mass is 362 g/mol. The van der Waals surface area contributed by atoms with E-state index in [4.69, 9.17) is 5.10 Å². The summed E-state index contributed by atoms with van der Waals surface area (Å²) in [6.07, 6.45) is 2.51. The maximum Gasteiger partial charge on any atom is 1.00 e. The minimum atomic E-state index is -1.14. The maximum atomic E-state index is 11.6. The molecule has 6 nitrogen and oxygen atoms in total.